The van der Waals surface area contributed by atoms with Crippen molar-refractivity contribution in [1.29, 1.82) is 0 Å². The number of thiocarbonyl (C=S) groups is 1. The van der Waals surface area contributed by atoms with Crippen LogP contribution in [0.4, 0.5) is 5.69 Å². The van der Waals surface area contributed by atoms with Gasteiger partial charge in [0.1, 0.15) is 11.8 Å². The van der Waals surface area contributed by atoms with Crippen LogP contribution in [0.2, 0.25) is 0 Å². The first-order chi connectivity index (χ1) is 15.3. The molecule has 1 aromatic carbocycles. The fourth-order valence-electron chi connectivity index (χ4n) is 5.09. The number of anilines is 1. The zero-order chi connectivity index (χ0) is 21.2. The first-order valence-corrected chi connectivity index (χ1v) is 11.5. The number of nitrogens with one attached hydrogen (secondary N) is 1. The first kappa shape index (κ1) is 20.1. The second kappa shape index (κ2) is 8.71. The Morgan fingerprint density at radius 3 is 2.58 bits per heavy atom. The van der Waals surface area contributed by atoms with Gasteiger partial charge >= 0.3 is 0 Å². The Balaban J connectivity index is 1.63. The lowest BCUT2D eigenvalue weighted by Gasteiger charge is -2.33. The normalized spacial score (nSPS) is 21.8. The van der Waals surface area contributed by atoms with Crippen molar-refractivity contribution < 1.29 is 4.74 Å². The molecular weight excluding hydrogens is 404 g/mol. The number of methoxy groups -OCH3 is 1. The molecule has 6 heteroatoms. The van der Waals surface area contributed by atoms with Crippen LogP contribution in [0.25, 0.3) is 0 Å². The van der Waals surface area contributed by atoms with Crippen LogP contribution in [0.15, 0.2) is 67.0 Å². The SMILES string of the molecule is COc1ccccc1N1C(=S)N[C@@H](c2ccccn2)[C@H]1c1cccn1C1CCCCC1. The number of benzene rings is 1. The summed E-state index contributed by atoms with van der Waals surface area (Å²) in [6.07, 6.45) is 10.5. The molecule has 31 heavy (non-hydrogen) atoms. The van der Waals surface area contributed by atoms with Gasteiger partial charge in [-0.1, -0.05) is 37.5 Å². The third kappa shape index (κ3) is 3.69. The van der Waals surface area contributed by atoms with Crippen LogP contribution >= 0.6 is 12.2 Å². The van der Waals surface area contributed by atoms with Crippen molar-refractivity contribution in [2.75, 3.05) is 12.0 Å². The molecule has 0 unspecified atom stereocenters. The Hall–Kier alpha value is -2.86. The summed E-state index contributed by atoms with van der Waals surface area (Å²) < 4.78 is 8.19. The Bertz CT molecular complexity index is 1040. The van der Waals surface area contributed by atoms with E-state index in [9.17, 15) is 0 Å². The highest BCUT2D eigenvalue weighted by Gasteiger charge is 2.43. The van der Waals surface area contributed by atoms with E-state index in [4.69, 9.17) is 17.0 Å². The number of aromatic nitrogens is 2. The summed E-state index contributed by atoms with van der Waals surface area (Å²) >= 11 is 5.88. The van der Waals surface area contributed by atoms with Crippen LogP contribution in [0.3, 0.4) is 0 Å². The molecule has 3 aromatic rings. The number of ether oxygens (including phenoxy) is 1. The minimum absolute atomic E-state index is 0.0179. The molecule has 160 valence electrons. The highest BCUT2D eigenvalue weighted by Crippen LogP contribution is 2.45. The van der Waals surface area contributed by atoms with Gasteiger partial charge in [-0.2, -0.15) is 0 Å². The number of hydrogen-bond acceptors (Lipinski definition) is 3. The molecule has 1 N–H and O–H groups in total. The monoisotopic (exact) mass is 432 g/mol. The predicted octanol–water partition coefficient (Wildman–Crippen LogP) is 5.57. The second-order valence-electron chi connectivity index (χ2n) is 8.30. The molecule has 5 rings (SSSR count). The van der Waals surface area contributed by atoms with Crippen molar-refractivity contribution in [3.63, 3.8) is 0 Å². The number of para-hydroxylation sites is 2. The second-order valence-corrected chi connectivity index (χ2v) is 8.69. The van der Waals surface area contributed by atoms with Crippen LogP contribution in [-0.4, -0.2) is 21.8 Å². The largest absolute Gasteiger partial charge is 0.495 e. The molecular formula is C25H28N4OS. The van der Waals surface area contributed by atoms with Crippen molar-refractivity contribution in [3.05, 3.63) is 78.4 Å². The zero-order valence-electron chi connectivity index (χ0n) is 17.8. The van der Waals surface area contributed by atoms with Crippen LogP contribution in [0, 0.1) is 0 Å². The van der Waals surface area contributed by atoms with E-state index in [1.54, 1.807) is 7.11 Å². The molecule has 2 fully saturated rings. The molecule has 3 heterocycles. The fraction of sp³-hybridized carbons (Fsp3) is 0.360. The fourth-order valence-corrected chi connectivity index (χ4v) is 5.43. The van der Waals surface area contributed by atoms with Crippen molar-refractivity contribution >= 4 is 23.0 Å². The molecule has 2 aromatic heterocycles. The summed E-state index contributed by atoms with van der Waals surface area (Å²) in [5.74, 6) is 0.814. The van der Waals surface area contributed by atoms with E-state index in [0.29, 0.717) is 11.2 Å². The zero-order valence-corrected chi connectivity index (χ0v) is 18.6. The van der Waals surface area contributed by atoms with Crippen molar-refractivity contribution in [2.24, 2.45) is 0 Å². The summed E-state index contributed by atoms with van der Waals surface area (Å²) in [7, 11) is 1.71. The van der Waals surface area contributed by atoms with Gasteiger partial charge in [-0.25, -0.2) is 0 Å². The first-order valence-electron chi connectivity index (χ1n) is 11.1. The molecule has 0 bridgehead atoms. The Labute approximate surface area is 189 Å². The van der Waals surface area contributed by atoms with E-state index in [-0.39, 0.29) is 12.1 Å². The van der Waals surface area contributed by atoms with E-state index in [1.807, 2.05) is 36.5 Å². The quantitative estimate of drug-likeness (QED) is 0.534. The average Bonchev–Trinajstić information content (AvgIpc) is 3.44. The Morgan fingerprint density at radius 2 is 1.81 bits per heavy atom. The molecule has 0 amide bonds. The van der Waals surface area contributed by atoms with Crippen molar-refractivity contribution in [3.8, 4) is 5.75 Å². The lowest BCUT2D eigenvalue weighted by molar-refractivity contribution is 0.339. The third-order valence-electron chi connectivity index (χ3n) is 6.53. The van der Waals surface area contributed by atoms with Crippen molar-refractivity contribution in [2.45, 2.75) is 50.2 Å². The standard InChI is InChI=1S/C25H28N4OS/c1-30-22-15-6-5-13-20(22)29-24(23(27-25(29)31)19-12-7-8-16-26-19)21-14-9-17-28(21)18-10-3-2-4-11-18/h5-9,12-18,23-24H,2-4,10-11H2,1H3,(H,27,31)/t23-,24+/m0/s1. The highest BCUT2D eigenvalue weighted by molar-refractivity contribution is 7.80. The molecule has 1 saturated carbocycles. The summed E-state index contributed by atoms with van der Waals surface area (Å²) in [4.78, 5) is 6.89. The van der Waals surface area contributed by atoms with E-state index in [1.165, 1.54) is 37.8 Å². The maximum absolute atomic E-state index is 5.88. The summed E-state index contributed by atoms with van der Waals surface area (Å²) in [5.41, 5.74) is 3.23. The highest BCUT2D eigenvalue weighted by atomic mass is 32.1. The topological polar surface area (TPSA) is 42.3 Å². The van der Waals surface area contributed by atoms with E-state index >= 15 is 0 Å². The summed E-state index contributed by atoms with van der Waals surface area (Å²) in [5, 5.41) is 4.26. The van der Waals surface area contributed by atoms with Crippen LogP contribution < -0.4 is 15.0 Å². The van der Waals surface area contributed by atoms with Gasteiger partial charge in [-0.3, -0.25) is 4.98 Å². The molecule has 1 aliphatic heterocycles. The smallest absolute Gasteiger partial charge is 0.174 e. The Kier molecular flexibility index (Phi) is 5.64. The Morgan fingerprint density at radius 1 is 1.00 bits per heavy atom. The van der Waals surface area contributed by atoms with Crippen LogP contribution in [0.5, 0.6) is 5.75 Å². The number of nitrogens with zero attached hydrogens (tertiary/aromatic N) is 3. The molecule has 5 nitrogen and oxygen atoms in total. The van der Waals surface area contributed by atoms with Crippen LogP contribution in [0.1, 0.15) is 61.6 Å². The van der Waals surface area contributed by atoms with Gasteiger partial charge in [0, 0.05) is 24.1 Å². The molecule has 0 spiro atoms. The number of pyridine rings is 1. The minimum Gasteiger partial charge on any atom is -0.495 e. The molecule has 1 aliphatic carbocycles. The molecule has 1 saturated heterocycles. The van der Waals surface area contributed by atoms with Crippen molar-refractivity contribution in [1.82, 2.24) is 14.9 Å². The van der Waals surface area contributed by atoms with Gasteiger partial charge in [0.05, 0.1) is 24.5 Å². The lowest BCUT2D eigenvalue weighted by atomic mass is 9.94. The third-order valence-corrected chi connectivity index (χ3v) is 6.84. The van der Waals surface area contributed by atoms with Gasteiger partial charge in [-0.05, 0) is 61.5 Å². The lowest BCUT2D eigenvalue weighted by Crippen LogP contribution is -2.31. The van der Waals surface area contributed by atoms with Gasteiger partial charge in [0.25, 0.3) is 0 Å². The molecule has 2 aliphatic rings. The number of hydrogen-bond donors (Lipinski definition) is 1. The molecule has 2 atom stereocenters. The van der Waals surface area contributed by atoms with E-state index in [0.717, 1.165) is 17.1 Å². The van der Waals surface area contributed by atoms with Gasteiger partial charge in [-0.15, -0.1) is 0 Å². The van der Waals surface area contributed by atoms with E-state index in [2.05, 4.69) is 50.2 Å². The van der Waals surface area contributed by atoms with Gasteiger partial charge in [0.15, 0.2) is 5.11 Å². The van der Waals surface area contributed by atoms with Gasteiger partial charge in [0.2, 0.25) is 0 Å². The number of rotatable bonds is 5. The summed E-state index contributed by atoms with van der Waals surface area (Å²) in [6.45, 7) is 0. The van der Waals surface area contributed by atoms with Crippen LogP contribution in [-0.2, 0) is 0 Å². The maximum atomic E-state index is 5.88. The average molecular weight is 433 g/mol. The molecule has 0 radical (unpaired) electrons. The minimum atomic E-state index is -0.0455. The van der Waals surface area contributed by atoms with Gasteiger partial charge < -0.3 is 19.5 Å². The summed E-state index contributed by atoms with van der Waals surface area (Å²) in [6, 6.07) is 19.0. The predicted molar refractivity (Wildman–Crippen MR) is 127 cm³/mol. The maximum Gasteiger partial charge on any atom is 0.174 e. The van der Waals surface area contributed by atoms with E-state index < -0.39 is 0 Å².